The highest BCUT2D eigenvalue weighted by molar-refractivity contribution is 9.10. The Morgan fingerprint density at radius 2 is 1.63 bits per heavy atom. The first-order chi connectivity index (χ1) is 9.09. The van der Waals surface area contributed by atoms with E-state index in [0.29, 0.717) is 11.8 Å². The molecule has 0 nitrogen and oxygen atoms in total. The minimum Gasteiger partial charge on any atom is -0.128 e. The van der Waals surface area contributed by atoms with Gasteiger partial charge in [-0.3, -0.25) is 0 Å². The van der Waals surface area contributed by atoms with Gasteiger partial charge in [-0.25, -0.2) is 0 Å². The first kappa shape index (κ1) is 15.7. The Bertz CT molecular complexity index is 532. The van der Waals surface area contributed by atoms with Crippen molar-refractivity contribution in [3.63, 3.8) is 0 Å². The molecule has 1 aromatic carbocycles. The van der Waals surface area contributed by atoms with Gasteiger partial charge in [0.2, 0.25) is 0 Å². The summed E-state index contributed by atoms with van der Waals surface area (Å²) in [4.78, 5) is 1.20. The van der Waals surface area contributed by atoms with Gasteiger partial charge in [-0.15, -0.1) is 34.5 Å². The number of hydrogen-bond donors (Lipinski definition) is 0. The highest BCUT2D eigenvalue weighted by atomic mass is 79.9. The molecule has 0 N–H and O–H groups in total. The zero-order valence-corrected chi connectivity index (χ0v) is 14.7. The van der Waals surface area contributed by atoms with Crippen LogP contribution < -0.4 is 0 Å². The average Bonchev–Trinajstić information content (AvgIpc) is 2.82. The van der Waals surface area contributed by atoms with Crippen molar-refractivity contribution in [1.82, 2.24) is 0 Å². The van der Waals surface area contributed by atoms with Crippen molar-refractivity contribution in [3.05, 3.63) is 55.6 Å². The molecule has 0 aliphatic rings. The fourth-order valence-electron chi connectivity index (χ4n) is 1.97. The summed E-state index contributed by atoms with van der Waals surface area (Å²) in [5.74, 6) is 0.960. The van der Waals surface area contributed by atoms with Crippen LogP contribution in [-0.4, -0.2) is 11.8 Å². The molecule has 0 aliphatic carbocycles. The second-order valence-electron chi connectivity index (χ2n) is 4.44. The van der Waals surface area contributed by atoms with Crippen molar-refractivity contribution >= 4 is 62.1 Å². The summed E-state index contributed by atoms with van der Waals surface area (Å²) >= 11 is 23.5. The second-order valence-corrected chi connectivity index (χ2v) is 7.69. The van der Waals surface area contributed by atoms with Crippen LogP contribution in [0.4, 0.5) is 0 Å². The van der Waals surface area contributed by atoms with E-state index in [1.165, 1.54) is 4.88 Å². The van der Waals surface area contributed by atoms with Crippen molar-refractivity contribution in [1.29, 1.82) is 0 Å². The van der Waals surface area contributed by atoms with Gasteiger partial charge in [0, 0.05) is 26.5 Å². The molecule has 2 aromatic rings. The monoisotopic (exact) mass is 396 g/mol. The highest BCUT2D eigenvalue weighted by Gasteiger charge is 2.31. The van der Waals surface area contributed by atoms with Crippen LogP contribution in [0.3, 0.4) is 0 Å². The van der Waals surface area contributed by atoms with Gasteiger partial charge in [-0.1, -0.05) is 39.7 Å². The molecule has 5 heteroatoms. The largest absolute Gasteiger partial charge is 0.128 e. The van der Waals surface area contributed by atoms with E-state index in [9.17, 15) is 0 Å². The van der Waals surface area contributed by atoms with Crippen LogP contribution in [0.2, 0.25) is 4.34 Å². The first-order valence-corrected chi connectivity index (χ1v) is 8.77. The zero-order valence-electron chi connectivity index (χ0n) is 10.0. The third-order valence-corrected chi connectivity index (χ3v) is 5.89. The first-order valence-electron chi connectivity index (χ1n) is 5.72. The SMILES string of the molecule is ClCC(CCl)(Cc1ccc(Cl)s1)c1ccc(Br)cc1. The van der Waals surface area contributed by atoms with E-state index >= 15 is 0 Å². The van der Waals surface area contributed by atoms with Gasteiger partial charge < -0.3 is 0 Å². The molecule has 0 amide bonds. The third-order valence-electron chi connectivity index (χ3n) is 3.11. The van der Waals surface area contributed by atoms with E-state index in [1.807, 2.05) is 24.3 Å². The van der Waals surface area contributed by atoms with Crippen LogP contribution in [0.25, 0.3) is 0 Å². The molecule has 0 aliphatic heterocycles. The topological polar surface area (TPSA) is 0 Å². The molecule has 0 atom stereocenters. The lowest BCUT2D eigenvalue weighted by molar-refractivity contribution is 0.541. The molecular formula is C14H12BrCl3S. The van der Waals surface area contributed by atoms with Gasteiger partial charge in [-0.05, 0) is 36.2 Å². The summed E-state index contributed by atoms with van der Waals surface area (Å²) in [6.45, 7) is 0. The molecule has 102 valence electrons. The van der Waals surface area contributed by atoms with Gasteiger partial charge in [0.1, 0.15) is 0 Å². The predicted octanol–water partition coefficient (Wildman–Crippen LogP) is 6.12. The number of rotatable bonds is 5. The van der Waals surface area contributed by atoms with Crippen molar-refractivity contribution in [2.75, 3.05) is 11.8 Å². The Morgan fingerprint density at radius 3 is 2.11 bits per heavy atom. The Balaban J connectivity index is 2.33. The summed E-state index contributed by atoms with van der Waals surface area (Å²) in [5, 5.41) is 0. The second kappa shape index (κ2) is 6.82. The Kier molecular flexibility index (Phi) is 5.62. The van der Waals surface area contributed by atoms with Crippen molar-refractivity contribution in [2.45, 2.75) is 11.8 Å². The average molecular weight is 399 g/mol. The Morgan fingerprint density at radius 1 is 1.00 bits per heavy atom. The molecule has 0 saturated carbocycles. The van der Waals surface area contributed by atoms with E-state index in [0.717, 1.165) is 20.8 Å². The molecule has 0 bridgehead atoms. The summed E-state index contributed by atoms with van der Waals surface area (Å²) < 4.78 is 1.84. The summed E-state index contributed by atoms with van der Waals surface area (Å²) in [7, 11) is 0. The van der Waals surface area contributed by atoms with Gasteiger partial charge in [-0.2, -0.15) is 0 Å². The lowest BCUT2D eigenvalue weighted by atomic mass is 9.80. The highest BCUT2D eigenvalue weighted by Crippen LogP contribution is 2.35. The molecule has 2 rings (SSSR count). The number of hydrogen-bond acceptors (Lipinski definition) is 1. The Hall–Kier alpha value is 0.270. The predicted molar refractivity (Wildman–Crippen MR) is 90.3 cm³/mol. The molecule has 19 heavy (non-hydrogen) atoms. The molecule has 0 spiro atoms. The molecular weight excluding hydrogens is 386 g/mol. The van der Waals surface area contributed by atoms with E-state index in [2.05, 4.69) is 28.1 Å². The number of benzene rings is 1. The number of thiophene rings is 1. The fourth-order valence-corrected chi connectivity index (χ4v) is 4.25. The maximum Gasteiger partial charge on any atom is 0.0931 e. The van der Waals surface area contributed by atoms with Crippen LogP contribution in [0.1, 0.15) is 10.4 Å². The Labute approximate surface area is 140 Å². The van der Waals surface area contributed by atoms with Crippen molar-refractivity contribution in [2.24, 2.45) is 0 Å². The van der Waals surface area contributed by atoms with E-state index in [1.54, 1.807) is 11.3 Å². The maximum atomic E-state index is 6.23. The number of halogens is 4. The van der Waals surface area contributed by atoms with E-state index < -0.39 is 0 Å². The molecule has 0 radical (unpaired) electrons. The smallest absolute Gasteiger partial charge is 0.0931 e. The van der Waals surface area contributed by atoms with Crippen molar-refractivity contribution < 1.29 is 0 Å². The van der Waals surface area contributed by atoms with Crippen LogP contribution >= 0.6 is 62.1 Å². The lowest BCUT2D eigenvalue weighted by Gasteiger charge is -2.30. The van der Waals surface area contributed by atoms with Crippen molar-refractivity contribution in [3.8, 4) is 0 Å². The normalized spacial score (nSPS) is 11.8. The van der Waals surface area contributed by atoms with E-state index in [4.69, 9.17) is 34.8 Å². The van der Waals surface area contributed by atoms with Gasteiger partial charge in [0.05, 0.1) is 4.34 Å². The molecule has 0 fully saturated rings. The zero-order chi connectivity index (χ0) is 13.9. The lowest BCUT2D eigenvalue weighted by Crippen LogP contribution is -2.33. The standard InChI is InChI=1S/C14H12BrCl3S/c15-11-3-1-10(2-4-11)14(8-16,9-17)7-12-5-6-13(18)19-12/h1-6H,7-9H2. The summed E-state index contributed by atoms with van der Waals surface area (Å²) in [6.07, 6.45) is 0.805. The van der Waals surface area contributed by atoms with Crippen LogP contribution in [0.15, 0.2) is 40.9 Å². The van der Waals surface area contributed by atoms with Gasteiger partial charge >= 0.3 is 0 Å². The maximum absolute atomic E-state index is 6.23. The molecule has 0 unspecified atom stereocenters. The minimum absolute atomic E-state index is 0.252. The minimum atomic E-state index is -0.252. The summed E-state index contributed by atoms with van der Waals surface area (Å²) in [5.41, 5.74) is 0.906. The number of alkyl halides is 2. The quantitative estimate of drug-likeness (QED) is 0.532. The summed E-state index contributed by atoms with van der Waals surface area (Å²) in [6, 6.07) is 12.1. The van der Waals surface area contributed by atoms with E-state index in [-0.39, 0.29) is 5.41 Å². The molecule has 1 heterocycles. The fraction of sp³-hybridized carbons (Fsp3) is 0.286. The van der Waals surface area contributed by atoms with Crippen LogP contribution in [-0.2, 0) is 11.8 Å². The van der Waals surface area contributed by atoms with Crippen LogP contribution in [0, 0.1) is 0 Å². The van der Waals surface area contributed by atoms with Gasteiger partial charge in [0.15, 0.2) is 0 Å². The molecule has 0 saturated heterocycles. The van der Waals surface area contributed by atoms with Crippen LogP contribution in [0.5, 0.6) is 0 Å². The third kappa shape index (κ3) is 3.68. The van der Waals surface area contributed by atoms with Gasteiger partial charge in [0.25, 0.3) is 0 Å². The molecule has 1 aromatic heterocycles.